The fraction of sp³-hybridized carbons (Fsp3) is 0.600. The fourth-order valence-electron chi connectivity index (χ4n) is 2.71. The molecule has 21 heavy (non-hydrogen) atoms. The van der Waals surface area contributed by atoms with E-state index in [1.54, 1.807) is 0 Å². The predicted octanol–water partition coefficient (Wildman–Crippen LogP) is 1.77. The van der Waals surface area contributed by atoms with Crippen molar-refractivity contribution in [2.75, 3.05) is 43.6 Å². The third-order valence-electron chi connectivity index (χ3n) is 4.09. The van der Waals surface area contributed by atoms with E-state index in [-0.39, 0.29) is 11.6 Å². The van der Waals surface area contributed by atoms with E-state index in [9.17, 15) is 12.8 Å². The van der Waals surface area contributed by atoms with Gasteiger partial charge in [0, 0.05) is 37.6 Å². The van der Waals surface area contributed by atoms with Gasteiger partial charge in [-0.15, -0.1) is 0 Å². The SMILES string of the molecule is CN(CCS(C)(=O)=O)C1CCN(c2ccc(F)cc2)CC1. The Bertz CT molecular complexity index is 552. The van der Waals surface area contributed by atoms with Crippen molar-refractivity contribution in [3.63, 3.8) is 0 Å². The lowest BCUT2D eigenvalue weighted by molar-refractivity contribution is 0.218. The van der Waals surface area contributed by atoms with Crippen LogP contribution in [0.5, 0.6) is 0 Å². The summed E-state index contributed by atoms with van der Waals surface area (Å²) in [5.74, 6) is -0.00376. The van der Waals surface area contributed by atoms with Gasteiger partial charge >= 0.3 is 0 Å². The normalized spacial score (nSPS) is 17.4. The van der Waals surface area contributed by atoms with Crippen LogP contribution in [0.2, 0.25) is 0 Å². The molecule has 4 nitrogen and oxygen atoms in total. The van der Waals surface area contributed by atoms with Crippen LogP contribution >= 0.6 is 0 Å². The van der Waals surface area contributed by atoms with Gasteiger partial charge in [0.05, 0.1) is 5.75 Å². The number of hydrogen-bond acceptors (Lipinski definition) is 4. The Morgan fingerprint density at radius 3 is 2.33 bits per heavy atom. The minimum atomic E-state index is -2.90. The van der Waals surface area contributed by atoms with E-state index < -0.39 is 9.84 Å². The molecule has 1 saturated heterocycles. The molecule has 1 aromatic carbocycles. The maximum atomic E-state index is 12.9. The number of piperidine rings is 1. The predicted molar refractivity (Wildman–Crippen MR) is 84.0 cm³/mol. The lowest BCUT2D eigenvalue weighted by Gasteiger charge is -2.37. The zero-order valence-electron chi connectivity index (χ0n) is 12.6. The smallest absolute Gasteiger partial charge is 0.148 e. The van der Waals surface area contributed by atoms with Crippen molar-refractivity contribution in [3.05, 3.63) is 30.1 Å². The van der Waals surface area contributed by atoms with Gasteiger partial charge in [-0.3, -0.25) is 0 Å². The number of halogens is 1. The summed E-state index contributed by atoms with van der Waals surface area (Å²) in [5, 5.41) is 0. The van der Waals surface area contributed by atoms with E-state index in [2.05, 4.69) is 9.80 Å². The molecule has 118 valence electrons. The molecule has 0 aliphatic carbocycles. The van der Waals surface area contributed by atoms with E-state index in [0.717, 1.165) is 31.6 Å². The van der Waals surface area contributed by atoms with Gasteiger partial charge in [-0.1, -0.05) is 0 Å². The first kappa shape index (κ1) is 16.2. The fourth-order valence-corrected chi connectivity index (χ4v) is 3.33. The average molecular weight is 314 g/mol. The zero-order chi connectivity index (χ0) is 15.5. The second kappa shape index (κ2) is 6.75. The highest BCUT2D eigenvalue weighted by Crippen LogP contribution is 2.22. The summed E-state index contributed by atoms with van der Waals surface area (Å²) in [6, 6.07) is 7.01. The summed E-state index contributed by atoms with van der Waals surface area (Å²) in [6.45, 7) is 2.42. The van der Waals surface area contributed by atoms with Crippen LogP contribution in [-0.2, 0) is 9.84 Å². The first-order valence-corrected chi connectivity index (χ1v) is 9.30. The van der Waals surface area contributed by atoms with Crippen LogP contribution in [0.3, 0.4) is 0 Å². The molecule has 0 bridgehead atoms. The first-order chi connectivity index (χ1) is 9.85. The van der Waals surface area contributed by atoms with Gasteiger partial charge in [-0.2, -0.15) is 0 Å². The molecule has 0 aromatic heterocycles. The van der Waals surface area contributed by atoms with Crippen molar-refractivity contribution in [1.29, 1.82) is 0 Å². The highest BCUT2D eigenvalue weighted by Gasteiger charge is 2.23. The van der Waals surface area contributed by atoms with Crippen molar-refractivity contribution in [2.45, 2.75) is 18.9 Å². The Hall–Kier alpha value is -1.14. The van der Waals surface area contributed by atoms with Gasteiger partial charge in [-0.05, 0) is 44.2 Å². The number of sulfone groups is 1. The van der Waals surface area contributed by atoms with Crippen molar-refractivity contribution in [3.8, 4) is 0 Å². The Morgan fingerprint density at radius 1 is 1.24 bits per heavy atom. The largest absolute Gasteiger partial charge is 0.371 e. The Balaban J connectivity index is 1.84. The first-order valence-electron chi connectivity index (χ1n) is 7.23. The second-order valence-electron chi connectivity index (χ2n) is 5.81. The molecule has 0 atom stereocenters. The molecule has 0 amide bonds. The van der Waals surface area contributed by atoms with E-state index >= 15 is 0 Å². The molecule has 0 saturated carbocycles. The minimum absolute atomic E-state index is 0.210. The summed E-state index contributed by atoms with van der Waals surface area (Å²) in [4.78, 5) is 4.39. The Kier molecular flexibility index (Phi) is 5.22. The Labute approximate surface area is 126 Å². The van der Waals surface area contributed by atoms with Crippen LogP contribution in [0, 0.1) is 5.82 Å². The van der Waals surface area contributed by atoms with Crippen LogP contribution in [0.15, 0.2) is 24.3 Å². The highest BCUT2D eigenvalue weighted by atomic mass is 32.2. The van der Waals surface area contributed by atoms with Gasteiger partial charge in [0.2, 0.25) is 0 Å². The molecule has 1 heterocycles. The standard InChI is InChI=1S/C15H23FN2O2S/c1-17(11-12-21(2,19)20)14-7-9-18(10-8-14)15-5-3-13(16)4-6-15/h3-6,14H,7-12H2,1-2H3. The molecular weight excluding hydrogens is 291 g/mol. The van der Waals surface area contributed by atoms with E-state index in [4.69, 9.17) is 0 Å². The molecule has 1 aliphatic rings. The number of hydrogen-bond donors (Lipinski definition) is 0. The molecule has 2 rings (SSSR count). The zero-order valence-corrected chi connectivity index (χ0v) is 13.4. The molecule has 0 N–H and O–H groups in total. The lowest BCUT2D eigenvalue weighted by atomic mass is 10.0. The summed E-state index contributed by atoms with van der Waals surface area (Å²) in [5.41, 5.74) is 1.05. The number of rotatable bonds is 5. The summed E-state index contributed by atoms with van der Waals surface area (Å²) in [6.07, 6.45) is 3.27. The summed E-state index contributed by atoms with van der Waals surface area (Å²) < 4.78 is 35.4. The van der Waals surface area contributed by atoms with Crippen LogP contribution in [0.4, 0.5) is 10.1 Å². The lowest BCUT2D eigenvalue weighted by Crippen LogP contribution is -2.44. The van der Waals surface area contributed by atoms with Gasteiger partial charge in [-0.25, -0.2) is 12.8 Å². The highest BCUT2D eigenvalue weighted by molar-refractivity contribution is 7.90. The third kappa shape index (κ3) is 4.97. The van der Waals surface area contributed by atoms with Gasteiger partial charge in [0.25, 0.3) is 0 Å². The van der Waals surface area contributed by atoms with Gasteiger partial charge < -0.3 is 9.80 Å². The van der Waals surface area contributed by atoms with Crippen molar-refractivity contribution >= 4 is 15.5 Å². The van der Waals surface area contributed by atoms with Crippen LogP contribution in [0.25, 0.3) is 0 Å². The number of benzene rings is 1. The van der Waals surface area contributed by atoms with E-state index in [1.807, 2.05) is 19.2 Å². The molecular formula is C15H23FN2O2S. The van der Waals surface area contributed by atoms with E-state index in [1.165, 1.54) is 18.4 Å². The van der Waals surface area contributed by atoms with E-state index in [0.29, 0.717) is 12.6 Å². The topological polar surface area (TPSA) is 40.6 Å². The molecule has 0 spiro atoms. The monoisotopic (exact) mass is 314 g/mol. The number of anilines is 1. The van der Waals surface area contributed by atoms with Crippen molar-refractivity contribution < 1.29 is 12.8 Å². The molecule has 0 unspecified atom stereocenters. The molecule has 1 aromatic rings. The van der Waals surface area contributed by atoms with Crippen LogP contribution in [0.1, 0.15) is 12.8 Å². The molecule has 6 heteroatoms. The summed E-state index contributed by atoms with van der Waals surface area (Å²) >= 11 is 0. The number of nitrogens with zero attached hydrogens (tertiary/aromatic N) is 2. The maximum absolute atomic E-state index is 12.9. The molecule has 0 radical (unpaired) electrons. The minimum Gasteiger partial charge on any atom is -0.371 e. The average Bonchev–Trinajstić information content (AvgIpc) is 2.45. The Morgan fingerprint density at radius 2 is 1.81 bits per heavy atom. The third-order valence-corrected chi connectivity index (χ3v) is 5.02. The molecule has 1 aliphatic heterocycles. The maximum Gasteiger partial charge on any atom is 0.148 e. The molecule has 1 fully saturated rings. The van der Waals surface area contributed by atoms with Crippen LogP contribution in [-0.4, -0.2) is 58.1 Å². The van der Waals surface area contributed by atoms with Crippen molar-refractivity contribution in [1.82, 2.24) is 4.90 Å². The van der Waals surface area contributed by atoms with Gasteiger partial charge in [0.1, 0.15) is 15.7 Å². The van der Waals surface area contributed by atoms with Gasteiger partial charge in [0.15, 0.2) is 0 Å². The second-order valence-corrected chi connectivity index (χ2v) is 8.06. The van der Waals surface area contributed by atoms with Crippen molar-refractivity contribution in [2.24, 2.45) is 0 Å². The summed E-state index contributed by atoms with van der Waals surface area (Å²) in [7, 11) is -0.914. The quantitative estimate of drug-likeness (QED) is 0.830. The van der Waals surface area contributed by atoms with Crippen LogP contribution < -0.4 is 4.90 Å².